The third-order valence-corrected chi connectivity index (χ3v) is 6.69. The van der Waals surface area contributed by atoms with Crippen LogP contribution in [0.15, 0.2) is 52.3 Å². The minimum Gasteiger partial charge on any atom is -0.491 e. The van der Waals surface area contributed by atoms with Crippen LogP contribution >= 0.6 is 0 Å². The second-order valence-electron chi connectivity index (χ2n) is 9.46. The van der Waals surface area contributed by atoms with Gasteiger partial charge >= 0.3 is 0 Å². The van der Waals surface area contributed by atoms with Crippen LogP contribution in [-0.2, 0) is 25.4 Å². The van der Waals surface area contributed by atoms with E-state index in [2.05, 4.69) is 20.8 Å². The molecule has 0 N–H and O–H groups in total. The molecular formula is C23H30O4S. The second-order valence-corrected chi connectivity index (χ2v) is 11.4. The summed E-state index contributed by atoms with van der Waals surface area (Å²) in [6, 6.07) is 12.6. The average molecular weight is 403 g/mol. The highest BCUT2D eigenvalue weighted by Crippen LogP contribution is 2.36. The number of hydrogen-bond donors (Lipinski definition) is 0. The number of ether oxygens (including phenoxy) is 2. The summed E-state index contributed by atoms with van der Waals surface area (Å²) in [5.41, 5.74) is 1.38. The molecule has 152 valence electrons. The lowest BCUT2D eigenvalue weighted by Gasteiger charge is -2.26. The van der Waals surface area contributed by atoms with Crippen LogP contribution in [0.2, 0.25) is 0 Å². The lowest BCUT2D eigenvalue weighted by molar-refractivity contribution is 0.262. The van der Waals surface area contributed by atoms with Crippen molar-refractivity contribution in [1.82, 2.24) is 0 Å². The third-order valence-electron chi connectivity index (χ3n) is 4.90. The molecule has 0 aliphatic carbocycles. The molecule has 2 aromatic rings. The molecule has 0 amide bonds. The van der Waals surface area contributed by atoms with Gasteiger partial charge in [-0.3, -0.25) is 0 Å². The van der Waals surface area contributed by atoms with E-state index in [0.29, 0.717) is 23.9 Å². The molecule has 28 heavy (non-hydrogen) atoms. The maximum Gasteiger partial charge on any atom is 0.207 e. The van der Waals surface area contributed by atoms with Crippen molar-refractivity contribution in [3.63, 3.8) is 0 Å². The summed E-state index contributed by atoms with van der Waals surface area (Å²) < 4.78 is 38.0. The monoisotopic (exact) mass is 402 g/mol. The maximum atomic E-state index is 13.6. The molecule has 0 spiro atoms. The van der Waals surface area contributed by atoms with E-state index < -0.39 is 9.84 Å². The van der Waals surface area contributed by atoms with Gasteiger partial charge in [0, 0.05) is 0 Å². The smallest absolute Gasteiger partial charge is 0.207 e. The Morgan fingerprint density at radius 3 is 2.25 bits per heavy atom. The molecule has 1 aliphatic rings. The number of hydrogen-bond acceptors (Lipinski definition) is 4. The van der Waals surface area contributed by atoms with E-state index in [1.54, 1.807) is 24.3 Å². The van der Waals surface area contributed by atoms with Gasteiger partial charge in [-0.2, -0.15) is 0 Å². The molecule has 1 atom stereocenters. The van der Waals surface area contributed by atoms with Gasteiger partial charge in [0.1, 0.15) is 18.5 Å². The summed E-state index contributed by atoms with van der Waals surface area (Å²) in [7, 11) is -3.69. The molecule has 1 fully saturated rings. The van der Waals surface area contributed by atoms with Crippen molar-refractivity contribution in [1.29, 1.82) is 0 Å². The lowest BCUT2D eigenvalue weighted by Crippen LogP contribution is -2.20. The summed E-state index contributed by atoms with van der Waals surface area (Å²) in [5.74, 6) is 0.542. The number of rotatable bonds is 5. The quantitative estimate of drug-likeness (QED) is 0.668. The fourth-order valence-corrected chi connectivity index (χ4v) is 4.77. The summed E-state index contributed by atoms with van der Waals surface area (Å²) in [5, 5.41) is 0. The normalized spacial score (nSPS) is 17.4. The second kappa shape index (κ2) is 7.20. The highest BCUT2D eigenvalue weighted by Gasteiger charge is 2.30. The van der Waals surface area contributed by atoms with Crippen molar-refractivity contribution in [2.75, 3.05) is 13.2 Å². The first-order valence-electron chi connectivity index (χ1n) is 9.63. The van der Waals surface area contributed by atoms with Crippen LogP contribution in [0.25, 0.3) is 0 Å². The van der Waals surface area contributed by atoms with Crippen LogP contribution < -0.4 is 4.74 Å². The molecular weight excluding hydrogens is 372 g/mol. The summed E-state index contributed by atoms with van der Waals surface area (Å²) >= 11 is 0. The topological polar surface area (TPSA) is 55.9 Å². The summed E-state index contributed by atoms with van der Waals surface area (Å²) in [6.45, 7) is 13.5. The predicted molar refractivity (Wildman–Crippen MR) is 111 cm³/mol. The highest BCUT2D eigenvalue weighted by molar-refractivity contribution is 7.91. The Balaban J connectivity index is 2.08. The largest absolute Gasteiger partial charge is 0.491 e. The Bertz CT molecular complexity index is 959. The Morgan fingerprint density at radius 1 is 1.00 bits per heavy atom. The van der Waals surface area contributed by atoms with E-state index in [1.807, 2.05) is 39.0 Å². The van der Waals surface area contributed by atoms with Gasteiger partial charge in [-0.25, -0.2) is 8.42 Å². The molecule has 1 aliphatic heterocycles. The van der Waals surface area contributed by atoms with Crippen molar-refractivity contribution in [2.24, 2.45) is 0 Å². The van der Waals surface area contributed by atoms with E-state index in [1.165, 1.54) is 0 Å². The maximum absolute atomic E-state index is 13.6. The zero-order chi connectivity index (χ0) is 20.7. The van der Waals surface area contributed by atoms with Crippen LogP contribution in [-0.4, -0.2) is 27.7 Å². The fourth-order valence-electron chi connectivity index (χ4n) is 3.04. The van der Waals surface area contributed by atoms with Crippen LogP contribution in [0, 0.1) is 0 Å². The van der Waals surface area contributed by atoms with Gasteiger partial charge in [0.2, 0.25) is 9.84 Å². The van der Waals surface area contributed by atoms with E-state index in [4.69, 9.17) is 9.47 Å². The van der Waals surface area contributed by atoms with Crippen molar-refractivity contribution in [3.8, 4) is 5.75 Å². The Hall–Kier alpha value is -1.85. The number of epoxide rings is 1. The van der Waals surface area contributed by atoms with E-state index in [-0.39, 0.29) is 21.8 Å². The number of sulfone groups is 1. The first kappa shape index (κ1) is 20.9. The van der Waals surface area contributed by atoms with Crippen LogP contribution in [0.5, 0.6) is 5.75 Å². The fraction of sp³-hybridized carbons (Fsp3) is 0.478. The first-order chi connectivity index (χ1) is 12.9. The molecule has 1 saturated heterocycles. The van der Waals surface area contributed by atoms with Gasteiger partial charge in [-0.05, 0) is 46.2 Å². The van der Waals surface area contributed by atoms with Crippen molar-refractivity contribution in [3.05, 3.63) is 53.6 Å². The Labute approximate surface area is 168 Å². The number of benzene rings is 2. The minimum absolute atomic E-state index is 0.122. The van der Waals surface area contributed by atoms with Gasteiger partial charge in [-0.15, -0.1) is 0 Å². The molecule has 5 heteroatoms. The minimum atomic E-state index is -3.69. The SMILES string of the molecule is CC(C)(C)c1ccc(C(C)(C)C)c(S(=O)(=O)c2cccc(OCC3CO3)c2)c1. The van der Waals surface area contributed by atoms with Gasteiger partial charge in [0.05, 0.1) is 16.4 Å². The molecule has 0 bridgehead atoms. The Morgan fingerprint density at radius 2 is 1.68 bits per heavy atom. The molecule has 0 aromatic heterocycles. The average Bonchev–Trinajstić information content (AvgIpc) is 3.42. The first-order valence-corrected chi connectivity index (χ1v) is 11.1. The van der Waals surface area contributed by atoms with Crippen molar-refractivity contribution < 1.29 is 17.9 Å². The molecule has 3 rings (SSSR count). The Kier molecular flexibility index (Phi) is 5.36. The zero-order valence-electron chi connectivity index (χ0n) is 17.6. The van der Waals surface area contributed by atoms with E-state index in [9.17, 15) is 8.42 Å². The summed E-state index contributed by atoms with van der Waals surface area (Å²) in [6.07, 6.45) is 0.122. The lowest BCUT2D eigenvalue weighted by atomic mass is 9.82. The molecule has 2 aromatic carbocycles. The molecule has 0 saturated carbocycles. The third kappa shape index (κ3) is 4.58. The molecule has 1 heterocycles. The van der Waals surface area contributed by atoms with Crippen LogP contribution in [0.3, 0.4) is 0 Å². The predicted octanol–water partition coefficient (Wildman–Crippen LogP) is 4.89. The van der Waals surface area contributed by atoms with E-state index >= 15 is 0 Å². The van der Waals surface area contributed by atoms with Crippen LogP contribution in [0.1, 0.15) is 52.7 Å². The van der Waals surface area contributed by atoms with Gasteiger partial charge in [0.25, 0.3) is 0 Å². The van der Waals surface area contributed by atoms with Gasteiger partial charge in [-0.1, -0.05) is 59.7 Å². The highest BCUT2D eigenvalue weighted by atomic mass is 32.2. The van der Waals surface area contributed by atoms with Gasteiger partial charge < -0.3 is 9.47 Å². The van der Waals surface area contributed by atoms with E-state index in [0.717, 1.165) is 11.1 Å². The standard InChI is InChI=1S/C23H30O4S/c1-22(2,3)16-10-11-20(23(4,5)6)21(12-16)28(24,25)19-9-7-8-17(13-19)26-14-18-15-27-18/h7-13,18H,14-15H2,1-6H3. The molecule has 4 nitrogen and oxygen atoms in total. The molecule has 0 radical (unpaired) electrons. The summed E-state index contributed by atoms with van der Waals surface area (Å²) in [4.78, 5) is 0.619. The van der Waals surface area contributed by atoms with Crippen LogP contribution in [0.4, 0.5) is 0 Å². The van der Waals surface area contributed by atoms with Crippen molar-refractivity contribution >= 4 is 9.84 Å². The van der Waals surface area contributed by atoms with Crippen molar-refractivity contribution in [2.45, 2.75) is 68.3 Å². The molecule has 1 unspecified atom stereocenters. The van der Waals surface area contributed by atoms with Gasteiger partial charge in [0.15, 0.2) is 0 Å². The zero-order valence-corrected chi connectivity index (χ0v) is 18.4.